The Hall–Kier alpha value is -3.73. The fourth-order valence-corrected chi connectivity index (χ4v) is 7.12. The van der Waals surface area contributed by atoms with Gasteiger partial charge in [-0.25, -0.2) is 9.18 Å². The van der Waals surface area contributed by atoms with Crippen LogP contribution in [0.2, 0.25) is 0 Å². The molecular formula is C37H51FN4O6. The molecule has 3 fully saturated rings. The molecule has 10 nitrogen and oxygen atoms in total. The molecule has 1 N–H and O–H groups in total. The van der Waals surface area contributed by atoms with Crippen LogP contribution in [0.4, 0.5) is 9.18 Å². The van der Waals surface area contributed by atoms with Gasteiger partial charge in [0.05, 0.1) is 17.7 Å². The number of hydrogen-bond donors (Lipinski definition) is 1. The smallest absolute Gasteiger partial charge is 0.410 e. The second-order valence-electron chi connectivity index (χ2n) is 15.7. The summed E-state index contributed by atoms with van der Waals surface area (Å²) in [6, 6.07) is 7.26. The number of likely N-dealkylation sites (tertiary alicyclic amines) is 1. The number of ether oxygens (including phenoxy) is 1. The summed E-state index contributed by atoms with van der Waals surface area (Å²) < 4.78 is 21.9. The summed E-state index contributed by atoms with van der Waals surface area (Å²) in [7, 11) is 0. The Bertz CT molecular complexity index is 1590. The highest BCUT2D eigenvalue weighted by Crippen LogP contribution is 2.41. The van der Waals surface area contributed by atoms with E-state index in [9.17, 15) is 24.3 Å². The molecule has 5 rings (SSSR count). The van der Waals surface area contributed by atoms with Crippen LogP contribution >= 0.6 is 0 Å². The van der Waals surface area contributed by atoms with Crippen LogP contribution in [0.15, 0.2) is 41.3 Å². The number of carbonyl (C=O) groups excluding carboxylic acids is 3. The number of hydrogen-bond acceptors (Lipinski definition) is 6. The van der Waals surface area contributed by atoms with Gasteiger partial charge < -0.3 is 29.1 Å². The Balaban J connectivity index is 1.38. The first-order valence-electron chi connectivity index (χ1n) is 17.3. The molecule has 0 radical (unpaired) electrons. The van der Waals surface area contributed by atoms with Crippen LogP contribution in [0.25, 0.3) is 11.1 Å². The van der Waals surface area contributed by atoms with Crippen molar-refractivity contribution in [3.8, 4) is 11.1 Å². The number of pyridine rings is 1. The molecule has 0 bridgehead atoms. The summed E-state index contributed by atoms with van der Waals surface area (Å²) in [5.41, 5.74) is -2.82. The highest BCUT2D eigenvalue weighted by molar-refractivity contribution is 6.00. The number of nitrogens with zero attached hydrogens (tertiary/aromatic N) is 4. The van der Waals surface area contributed by atoms with Crippen molar-refractivity contribution in [3.05, 3.63) is 58.3 Å². The maximum Gasteiger partial charge on any atom is 0.410 e. The predicted molar refractivity (Wildman–Crippen MR) is 181 cm³/mol. The number of aromatic nitrogens is 1. The largest absolute Gasteiger partial charge is 0.444 e. The topological polar surface area (TPSA) is 112 Å². The van der Waals surface area contributed by atoms with Crippen LogP contribution in [0.3, 0.4) is 0 Å². The molecule has 1 aromatic carbocycles. The lowest BCUT2D eigenvalue weighted by atomic mass is 9.69. The lowest BCUT2D eigenvalue weighted by molar-refractivity contribution is -0.157. The Morgan fingerprint density at radius 1 is 1.00 bits per heavy atom. The summed E-state index contributed by atoms with van der Waals surface area (Å²) in [6.45, 7) is 12.8. The third-order valence-corrected chi connectivity index (χ3v) is 10.5. The van der Waals surface area contributed by atoms with E-state index in [2.05, 4.69) is 0 Å². The monoisotopic (exact) mass is 666 g/mol. The predicted octanol–water partition coefficient (Wildman–Crippen LogP) is 5.16. The molecule has 1 unspecified atom stereocenters. The molecule has 262 valence electrons. The van der Waals surface area contributed by atoms with E-state index in [-0.39, 0.29) is 67.7 Å². The van der Waals surface area contributed by atoms with Crippen LogP contribution in [0.1, 0.15) is 84.0 Å². The fourth-order valence-electron chi connectivity index (χ4n) is 7.12. The summed E-state index contributed by atoms with van der Waals surface area (Å²) in [5, 5.41) is 12.1. The third kappa shape index (κ3) is 7.61. The van der Waals surface area contributed by atoms with E-state index >= 15 is 4.39 Å². The van der Waals surface area contributed by atoms with Gasteiger partial charge in [0.1, 0.15) is 11.4 Å². The highest BCUT2D eigenvalue weighted by atomic mass is 19.1. The summed E-state index contributed by atoms with van der Waals surface area (Å²) in [5.74, 6) is -0.336. The van der Waals surface area contributed by atoms with E-state index in [1.165, 1.54) is 48.2 Å². The Morgan fingerprint density at radius 2 is 1.65 bits per heavy atom. The Kier molecular flexibility index (Phi) is 10.1. The quantitative estimate of drug-likeness (QED) is 0.437. The van der Waals surface area contributed by atoms with Crippen LogP contribution in [0, 0.1) is 23.1 Å². The van der Waals surface area contributed by atoms with Gasteiger partial charge in [0.25, 0.3) is 11.5 Å². The standard InChI is InChI=1S/C37H51FN4O6/c1-25(20-26-10-9-11-26)32(44)41-15-14-37(47,36(5,6)23-41)24-42-22-29(28(21-31(42)43)27-12-7-8-13-30(27)38)33(45)39-16-18-40(19-17-39)34(46)48-35(2,3)4/h7-8,12-13,21-22,25-26,47H,9-11,14-20,23-24H2,1-6H3/t25?,37-/m1/s1. The Morgan fingerprint density at radius 3 is 2.23 bits per heavy atom. The van der Waals surface area contributed by atoms with E-state index in [1.54, 1.807) is 42.7 Å². The molecule has 3 aliphatic rings. The van der Waals surface area contributed by atoms with Gasteiger partial charge in [0.2, 0.25) is 5.91 Å². The lowest BCUT2D eigenvalue weighted by Crippen LogP contribution is -2.61. The van der Waals surface area contributed by atoms with E-state index < -0.39 is 40.0 Å². The first-order chi connectivity index (χ1) is 22.5. The molecule has 3 heterocycles. The first kappa shape index (κ1) is 35.6. The van der Waals surface area contributed by atoms with Gasteiger partial charge in [0, 0.05) is 74.0 Å². The minimum absolute atomic E-state index is 0.0783. The van der Waals surface area contributed by atoms with E-state index in [4.69, 9.17) is 4.74 Å². The van der Waals surface area contributed by atoms with Crippen molar-refractivity contribution < 1.29 is 28.6 Å². The van der Waals surface area contributed by atoms with Gasteiger partial charge >= 0.3 is 6.09 Å². The van der Waals surface area contributed by atoms with Crippen molar-refractivity contribution >= 4 is 17.9 Å². The molecule has 2 aromatic rings. The molecule has 2 atom stereocenters. The molecule has 2 saturated heterocycles. The molecule has 1 saturated carbocycles. The average molecular weight is 667 g/mol. The second-order valence-corrected chi connectivity index (χ2v) is 15.7. The molecule has 48 heavy (non-hydrogen) atoms. The van der Waals surface area contributed by atoms with Gasteiger partial charge in [-0.3, -0.25) is 14.4 Å². The minimum Gasteiger partial charge on any atom is -0.444 e. The SMILES string of the molecule is CC(CC1CCC1)C(=O)N1CC[C@@](O)(Cn2cc(C(=O)N3CCN(C(=O)OC(C)(C)C)CC3)c(-c3ccccc3F)cc2=O)C(C)(C)C1. The maximum atomic E-state index is 15.1. The third-order valence-electron chi connectivity index (χ3n) is 10.5. The van der Waals surface area contributed by atoms with Gasteiger partial charge in [-0.15, -0.1) is 0 Å². The number of carbonyl (C=O) groups is 3. The zero-order valence-electron chi connectivity index (χ0n) is 29.3. The van der Waals surface area contributed by atoms with E-state index in [1.807, 2.05) is 25.7 Å². The summed E-state index contributed by atoms with van der Waals surface area (Å²) in [6.07, 6.45) is 5.72. The van der Waals surface area contributed by atoms with Crippen molar-refractivity contribution in [2.45, 2.75) is 91.4 Å². The Labute approximate surface area is 282 Å². The van der Waals surface area contributed by atoms with E-state index in [0.717, 1.165) is 6.42 Å². The molecule has 1 aliphatic carbocycles. The zero-order valence-corrected chi connectivity index (χ0v) is 29.3. The number of amides is 3. The van der Waals surface area contributed by atoms with Crippen LogP contribution in [-0.2, 0) is 16.1 Å². The van der Waals surface area contributed by atoms with Crippen molar-refractivity contribution in [3.63, 3.8) is 0 Å². The molecular weight excluding hydrogens is 615 g/mol. The molecule has 1 aromatic heterocycles. The van der Waals surface area contributed by atoms with Gasteiger partial charge in [-0.05, 0) is 45.6 Å². The number of piperazine rings is 1. The van der Waals surface area contributed by atoms with Crippen molar-refractivity contribution in [2.75, 3.05) is 39.3 Å². The number of piperidine rings is 1. The number of benzene rings is 1. The van der Waals surface area contributed by atoms with Gasteiger partial charge in [0.15, 0.2) is 0 Å². The van der Waals surface area contributed by atoms with Crippen molar-refractivity contribution in [1.82, 2.24) is 19.3 Å². The molecule has 2 aliphatic heterocycles. The second kappa shape index (κ2) is 13.6. The summed E-state index contributed by atoms with van der Waals surface area (Å²) in [4.78, 5) is 58.7. The lowest BCUT2D eigenvalue weighted by Gasteiger charge is -2.51. The van der Waals surface area contributed by atoms with Crippen molar-refractivity contribution in [1.29, 1.82) is 0 Å². The normalized spacial score (nSPS) is 22.2. The minimum atomic E-state index is -1.36. The number of aliphatic hydroxyl groups is 1. The average Bonchev–Trinajstić information content (AvgIpc) is 3.00. The van der Waals surface area contributed by atoms with E-state index in [0.29, 0.717) is 19.0 Å². The first-order valence-corrected chi connectivity index (χ1v) is 17.3. The van der Waals surface area contributed by atoms with Crippen LogP contribution < -0.4 is 5.56 Å². The van der Waals surface area contributed by atoms with Gasteiger partial charge in [-0.1, -0.05) is 58.2 Å². The highest BCUT2D eigenvalue weighted by Gasteiger charge is 2.49. The zero-order chi connectivity index (χ0) is 35.0. The molecule has 0 spiro atoms. The number of rotatable bonds is 7. The van der Waals surface area contributed by atoms with Crippen LogP contribution in [-0.4, -0.2) is 92.8 Å². The fraction of sp³-hybridized carbons (Fsp3) is 0.622. The molecule has 3 amide bonds. The number of halogens is 1. The van der Waals surface area contributed by atoms with Gasteiger partial charge in [-0.2, -0.15) is 0 Å². The summed E-state index contributed by atoms with van der Waals surface area (Å²) >= 11 is 0. The van der Waals surface area contributed by atoms with Crippen molar-refractivity contribution in [2.24, 2.45) is 17.3 Å². The van der Waals surface area contributed by atoms with Crippen LogP contribution in [0.5, 0.6) is 0 Å². The molecule has 11 heteroatoms. The maximum absolute atomic E-state index is 15.1.